The molecule has 1 aromatic rings. The van der Waals surface area contributed by atoms with Gasteiger partial charge in [0.15, 0.2) is 5.78 Å². The van der Waals surface area contributed by atoms with Gasteiger partial charge in [-0.05, 0) is 44.3 Å². The number of likely N-dealkylation sites (N-methyl/N-ethyl adjacent to an activating group) is 1. The van der Waals surface area contributed by atoms with Crippen molar-refractivity contribution in [2.45, 2.75) is 6.42 Å². The highest BCUT2D eigenvalue weighted by Gasteiger charge is 2.22. The smallest absolute Gasteiger partial charge is 0.236 e. The fourth-order valence-corrected chi connectivity index (χ4v) is 4.86. The Balaban J connectivity index is 2.02. The van der Waals surface area contributed by atoms with Crippen molar-refractivity contribution in [3.05, 3.63) is 19.2 Å². The maximum atomic E-state index is 12.2. The summed E-state index contributed by atoms with van der Waals surface area (Å²) in [6, 6.07) is 1.82. The molecular weight excluding hydrogens is 396 g/mol. The second kappa shape index (κ2) is 6.47. The lowest BCUT2D eigenvalue weighted by atomic mass is 10.2. The Morgan fingerprint density at radius 3 is 2.79 bits per heavy atom. The van der Waals surface area contributed by atoms with Gasteiger partial charge in [0.05, 0.1) is 20.7 Å². The molecule has 0 saturated carbocycles. The van der Waals surface area contributed by atoms with E-state index in [2.05, 4.69) is 31.9 Å². The Morgan fingerprint density at radius 1 is 1.42 bits per heavy atom. The first-order chi connectivity index (χ1) is 8.97. The van der Waals surface area contributed by atoms with Gasteiger partial charge in [-0.2, -0.15) is 0 Å². The zero-order chi connectivity index (χ0) is 14.0. The predicted octanol–water partition coefficient (Wildman–Crippen LogP) is 2.62. The van der Waals surface area contributed by atoms with Gasteiger partial charge in [-0.3, -0.25) is 14.5 Å². The Kier molecular flexibility index (Phi) is 5.16. The fraction of sp³-hybridized carbons (Fsp3) is 0.500. The number of rotatable bonds is 3. The second-order valence-electron chi connectivity index (χ2n) is 4.54. The van der Waals surface area contributed by atoms with E-state index in [1.54, 1.807) is 11.9 Å². The summed E-state index contributed by atoms with van der Waals surface area (Å²) in [6.07, 6.45) is 0.907. The highest BCUT2D eigenvalue weighted by molar-refractivity contribution is 9.12. The zero-order valence-corrected chi connectivity index (χ0v) is 14.5. The van der Waals surface area contributed by atoms with Crippen molar-refractivity contribution < 1.29 is 9.59 Å². The van der Waals surface area contributed by atoms with Crippen molar-refractivity contribution in [2.75, 3.05) is 33.2 Å². The molecule has 7 heteroatoms. The maximum Gasteiger partial charge on any atom is 0.236 e. The van der Waals surface area contributed by atoms with E-state index in [1.165, 1.54) is 11.3 Å². The van der Waals surface area contributed by atoms with E-state index in [0.717, 1.165) is 27.1 Å². The molecule has 1 aliphatic rings. The van der Waals surface area contributed by atoms with Crippen LogP contribution in [-0.2, 0) is 4.79 Å². The summed E-state index contributed by atoms with van der Waals surface area (Å²) in [5, 5.41) is 0. The Hall–Kier alpha value is -0.240. The van der Waals surface area contributed by atoms with Gasteiger partial charge in [0.1, 0.15) is 0 Å². The first kappa shape index (κ1) is 15.2. The largest absolute Gasteiger partial charge is 0.345 e. The minimum atomic E-state index is 0.0474. The van der Waals surface area contributed by atoms with E-state index >= 15 is 0 Å². The molecule has 0 bridgehead atoms. The van der Waals surface area contributed by atoms with Crippen LogP contribution in [0.25, 0.3) is 0 Å². The van der Waals surface area contributed by atoms with E-state index < -0.39 is 0 Å². The van der Waals surface area contributed by atoms with Crippen molar-refractivity contribution in [3.63, 3.8) is 0 Å². The molecular formula is C12H14Br2N2O2S. The van der Waals surface area contributed by atoms with Crippen LogP contribution in [0.1, 0.15) is 16.8 Å². The molecule has 0 spiro atoms. The quantitative estimate of drug-likeness (QED) is 0.720. The van der Waals surface area contributed by atoms with Crippen molar-refractivity contribution in [2.24, 2.45) is 0 Å². The summed E-state index contributed by atoms with van der Waals surface area (Å²) in [6.45, 7) is 2.16. The Labute approximate surface area is 133 Å². The molecule has 4 nitrogen and oxygen atoms in total. The van der Waals surface area contributed by atoms with Crippen molar-refractivity contribution in [1.82, 2.24) is 9.80 Å². The number of halogens is 2. The van der Waals surface area contributed by atoms with E-state index in [0.29, 0.717) is 18.7 Å². The van der Waals surface area contributed by atoms with E-state index in [4.69, 9.17) is 0 Å². The second-order valence-corrected chi connectivity index (χ2v) is 8.29. The lowest BCUT2D eigenvalue weighted by Crippen LogP contribution is -2.37. The summed E-state index contributed by atoms with van der Waals surface area (Å²) in [5.74, 6) is 0.127. The van der Waals surface area contributed by atoms with Gasteiger partial charge in [-0.25, -0.2) is 0 Å². The van der Waals surface area contributed by atoms with Gasteiger partial charge in [0, 0.05) is 25.7 Å². The number of hydrogen-bond donors (Lipinski definition) is 0. The molecule has 0 aromatic carbocycles. The molecule has 104 valence electrons. The molecule has 0 aliphatic carbocycles. The number of amides is 1. The summed E-state index contributed by atoms with van der Waals surface area (Å²) in [7, 11) is 1.81. The minimum absolute atomic E-state index is 0.0474. The molecule has 0 unspecified atom stereocenters. The molecule has 1 amide bonds. The number of carbonyl (C=O) groups is 2. The molecule has 1 saturated heterocycles. The number of nitrogens with zero attached hydrogens (tertiary/aromatic N) is 2. The molecule has 19 heavy (non-hydrogen) atoms. The van der Waals surface area contributed by atoms with Crippen LogP contribution in [0.4, 0.5) is 0 Å². The van der Waals surface area contributed by atoms with Gasteiger partial charge in [-0.15, -0.1) is 11.3 Å². The van der Waals surface area contributed by atoms with E-state index in [9.17, 15) is 9.59 Å². The van der Waals surface area contributed by atoms with Crippen LogP contribution in [0.3, 0.4) is 0 Å². The Morgan fingerprint density at radius 2 is 2.16 bits per heavy atom. The standard InChI is InChI=1S/C12H14Br2N2O2S/c1-15-3-2-4-16(7-11(15)18)6-9(17)8-5-10(13)19-12(8)14/h5H,2-4,6-7H2,1H3. The highest BCUT2D eigenvalue weighted by Crippen LogP contribution is 2.32. The third kappa shape index (κ3) is 3.87. The van der Waals surface area contributed by atoms with Crippen LogP contribution < -0.4 is 0 Å². The highest BCUT2D eigenvalue weighted by atomic mass is 79.9. The third-order valence-corrected chi connectivity index (χ3v) is 5.42. The van der Waals surface area contributed by atoms with Crippen LogP contribution in [0, 0.1) is 0 Å². The summed E-state index contributed by atoms with van der Waals surface area (Å²) in [4.78, 5) is 27.7. The third-order valence-electron chi connectivity index (χ3n) is 3.08. The minimum Gasteiger partial charge on any atom is -0.345 e. The van der Waals surface area contributed by atoms with Crippen molar-refractivity contribution in [3.8, 4) is 0 Å². The summed E-state index contributed by atoms with van der Waals surface area (Å²) < 4.78 is 1.76. The summed E-state index contributed by atoms with van der Waals surface area (Å²) in [5.41, 5.74) is 0.682. The van der Waals surface area contributed by atoms with Crippen LogP contribution in [-0.4, -0.2) is 54.7 Å². The molecule has 1 aliphatic heterocycles. The molecule has 2 heterocycles. The van der Waals surface area contributed by atoms with Gasteiger partial charge in [-0.1, -0.05) is 0 Å². The van der Waals surface area contributed by atoms with Crippen LogP contribution in [0.5, 0.6) is 0 Å². The summed E-state index contributed by atoms with van der Waals surface area (Å²) >= 11 is 8.25. The van der Waals surface area contributed by atoms with Gasteiger partial charge in [0.25, 0.3) is 0 Å². The average Bonchev–Trinajstić information content (AvgIpc) is 2.59. The predicted molar refractivity (Wildman–Crippen MR) is 82.7 cm³/mol. The molecule has 0 radical (unpaired) electrons. The number of ketones is 1. The van der Waals surface area contributed by atoms with Crippen molar-refractivity contribution >= 4 is 54.9 Å². The fourth-order valence-electron chi connectivity index (χ4n) is 2.00. The molecule has 2 rings (SSSR count). The zero-order valence-electron chi connectivity index (χ0n) is 10.5. The topological polar surface area (TPSA) is 40.6 Å². The number of Topliss-reactive ketones (excluding diaryl/α,β-unsaturated/α-hetero) is 1. The van der Waals surface area contributed by atoms with Crippen LogP contribution in [0.15, 0.2) is 13.6 Å². The molecule has 0 N–H and O–H groups in total. The number of carbonyl (C=O) groups excluding carboxylic acids is 2. The van der Waals surface area contributed by atoms with Crippen LogP contribution in [0.2, 0.25) is 0 Å². The molecule has 0 atom stereocenters. The Bertz CT molecular complexity index is 504. The maximum absolute atomic E-state index is 12.2. The average molecular weight is 410 g/mol. The van der Waals surface area contributed by atoms with E-state index in [1.807, 2.05) is 11.0 Å². The van der Waals surface area contributed by atoms with Gasteiger partial charge >= 0.3 is 0 Å². The monoisotopic (exact) mass is 408 g/mol. The van der Waals surface area contributed by atoms with Crippen LogP contribution >= 0.6 is 43.2 Å². The normalized spacial score (nSPS) is 17.6. The SMILES string of the molecule is CN1CCCN(CC(=O)c2cc(Br)sc2Br)CC1=O. The lowest BCUT2D eigenvalue weighted by molar-refractivity contribution is -0.129. The first-order valence-electron chi connectivity index (χ1n) is 5.91. The first-order valence-corrected chi connectivity index (χ1v) is 8.32. The van der Waals surface area contributed by atoms with E-state index in [-0.39, 0.29) is 11.7 Å². The van der Waals surface area contributed by atoms with Gasteiger partial charge < -0.3 is 4.90 Å². The number of hydrogen-bond acceptors (Lipinski definition) is 4. The van der Waals surface area contributed by atoms with Gasteiger partial charge in [0.2, 0.25) is 5.91 Å². The van der Waals surface area contributed by atoms with Crippen molar-refractivity contribution in [1.29, 1.82) is 0 Å². The molecule has 1 aromatic heterocycles. The molecule has 1 fully saturated rings. The lowest BCUT2D eigenvalue weighted by Gasteiger charge is -2.18. The number of thiophene rings is 1.